The number of ether oxygens (including phenoxy) is 1. The minimum Gasteiger partial charge on any atom is -0.446 e. The van der Waals surface area contributed by atoms with Crippen molar-refractivity contribution < 1.29 is 13.9 Å². The molecule has 0 atom stereocenters. The van der Waals surface area contributed by atoms with Crippen molar-refractivity contribution in [2.45, 2.75) is 0 Å². The molecule has 12 heavy (non-hydrogen) atoms. The molecule has 1 aromatic rings. The van der Waals surface area contributed by atoms with Crippen molar-refractivity contribution in [1.29, 1.82) is 0 Å². The second kappa shape index (κ2) is 3.66. The van der Waals surface area contributed by atoms with Crippen LogP contribution >= 0.6 is 0 Å². The van der Waals surface area contributed by atoms with Crippen molar-refractivity contribution in [1.82, 2.24) is 4.98 Å². The quantitative estimate of drug-likeness (QED) is 0.717. The number of rotatable bonds is 3. The molecule has 1 amide bonds. The van der Waals surface area contributed by atoms with Crippen molar-refractivity contribution in [2.75, 3.05) is 6.86 Å². The van der Waals surface area contributed by atoms with Crippen LogP contribution in [0.1, 0.15) is 10.4 Å². The monoisotopic (exact) mass is 170 g/mol. The third kappa shape index (κ3) is 1.91. The Labute approximate surface area is 68.2 Å². The molecular formula is C7H7FN2O2. The molecule has 1 heterocycles. The third-order valence-electron chi connectivity index (χ3n) is 1.22. The highest BCUT2D eigenvalue weighted by Crippen LogP contribution is 2.06. The number of pyridine rings is 1. The number of primary amides is 1. The molecule has 1 rings (SSSR count). The number of hydrogen-bond donors (Lipinski definition) is 1. The molecule has 0 radical (unpaired) electrons. The summed E-state index contributed by atoms with van der Waals surface area (Å²) in [5.74, 6) is -0.447. The minimum absolute atomic E-state index is 0.127. The summed E-state index contributed by atoms with van der Waals surface area (Å²) in [6.07, 6.45) is 1.23. The zero-order valence-corrected chi connectivity index (χ0v) is 6.16. The van der Waals surface area contributed by atoms with Gasteiger partial charge in [0.1, 0.15) is 0 Å². The Balaban J connectivity index is 2.78. The van der Waals surface area contributed by atoms with Gasteiger partial charge in [-0.1, -0.05) is 0 Å². The molecule has 0 unspecified atom stereocenters. The molecule has 0 fully saturated rings. The van der Waals surface area contributed by atoms with Crippen LogP contribution in [0, 0.1) is 0 Å². The van der Waals surface area contributed by atoms with Crippen molar-refractivity contribution >= 4 is 5.91 Å². The van der Waals surface area contributed by atoms with Gasteiger partial charge >= 0.3 is 0 Å². The average Bonchev–Trinajstić information content (AvgIpc) is 2.06. The number of nitrogens with zero attached hydrogens (tertiary/aromatic N) is 1. The smallest absolute Gasteiger partial charge is 0.250 e. The molecule has 1 aromatic heterocycles. The number of hydrogen-bond acceptors (Lipinski definition) is 3. The van der Waals surface area contributed by atoms with Gasteiger partial charge in [0.25, 0.3) is 0 Å². The summed E-state index contributed by atoms with van der Waals surface area (Å²) in [7, 11) is 0. The lowest BCUT2D eigenvalue weighted by Crippen LogP contribution is -2.11. The number of amides is 1. The first-order chi connectivity index (χ1) is 5.74. The van der Waals surface area contributed by atoms with Gasteiger partial charge < -0.3 is 10.5 Å². The molecule has 5 heteroatoms. The van der Waals surface area contributed by atoms with Gasteiger partial charge in [0.05, 0.1) is 5.56 Å². The van der Waals surface area contributed by atoms with Gasteiger partial charge in [0, 0.05) is 12.3 Å². The lowest BCUT2D eigenvalue weighted by atomic mass is 10.3. The fourth-order valence-corrected chi connectivity index (χ4v) is 0.667. The topological polar surface area (TPSA) is 65.2 Å². The largest absolute Gasteiger partial charge is 0.446 e. The summed E-state index contributed by atoms with van der Waals surface area (Å²) >= 11 is 0. The van der Waals surface area contributed by atoms with E-state index in [-0.39, 0.29) is 11.4 Å². The maximum atomic E-state index is 11.6. The Morgan fingerprint density at radius 2 is 2.42 bits per heavy atom. The summed E-state index contributed by atoms with van der Waals surface area (Å²) in [5.41, 5.74) is 5.21. The second-order valence-corrected chi connectivity index (χ2v) is 2.00. The standard InChI is InChI=1S/C7H7FN2O2/c8-4-12-6-2-1-5(3-10-6)7(9)11/h1-3H,4H2,(H2,9,11). The molecule has 0 spiro atoms. The van der Waals surface area contributed by atoms with Crippen LogP contribution in [0.25, 0.3) is 0 Å². The molecule has 0 saturated heterocycles. The van der Waals surface area contributed by atoms with E-state index in [2.05, 4.69) is 9.72 Å². The predicted octanol–water partition coefficient (Wildman–Crippen LogP) is 0.486. The van der Waals surface area contributed by atoms with Crippen molar-refractivity contribution in [3.63, 3.8) is 0 Å². The lowest BCUT2D eigenvalue weighted by Gasteiger charge is -1.99. The van der Waals surface area contributed by atoms with E-state index >= 15 is 0 Å². The number of carbonyl (C=O) groups is 1. The molecule has 2 N–H and O–H groups in total. The molecular weight excluding hydrogens is 163 g/mol. The first-order valence-corrected chi connectivity index (χ1v) is 3.18. The van der Waals surface area contributed by atoms with E-state index in [9.17, 15) is 9.18 Å². The lowest BCUT2D eigenvalue weighted by molar-refractivity contribution is 0.1000. The Kier molecular flexibility index (Phi) is 2.57. The number of nitrogens with two attached hydrogens (primary N) is 1. The molecule has 0 aromatic carbocycles. The Morgan fingerprint density at radius 1 is 1.67 bits per heavy atom. The third-order valence-corrected chi connectivity index (χ3v) is 1.22. The highest BCUT2D eigenvalue weighted by molar-refractivity contribution is 5.92. The minimum atomic E-state index is -0.942. The van der Waals surface area contributed by atoms with Gasteiger partial charge in [-0.05, 0) is 6.07 Å². The SMILES string of the molecule is NC(=O)c1ccc(OCF)nc1. The van der Waals surface area contributed by atoms with Gasteiger partial charge in [0.2, 0.25) is 18.6 Å². The number of aromatic nitrogens is 1. The van der Waals surface area contributed by atoms with Crippen LogP contribution in [-0.4, -0.2) is 17.8 Å². The maximum absolute atomic E-state index is 11.6. The van der Waals surface area contributed by atoms with E-state index in [0.29, 0.717) is 0 Å². The number of alkyl halides is 1. The van der Waals surface area contributed by atoms with E-state index in [1.165, 1.54) is 18.3 Å². The summed E-state index contributed by atoms with van der Waals surface area (Å²) in [5, 5.41) is 0. The zero-order chi connectivity index (χ0) is 8.97. The summed E-state index contributed by atoms with van der Waals surface area (Å²) in [4.78, 5) is 14.2. The van der Waals surface area contributed by atoms with Gasteiger partial charge in [-0.2, -0.15) is 0 Å². The van der Waals surface area contributed by atoms with Crippen LogP contribution in [-0.2, 0) is 0 Å². The normalized spacial score (nSPS) is 9.42. The molecule has 0 saturated carbocycles. The zero-order valence-electron chi connectivity index (χ0n) is 6.16. The Hall–Kier alpha value is -1.65. The highest BCUT2D eigenvalue weighted by Gasteiger charge is 2.00. The fraction of sp³-hybridized carbons (Fsp3) is 0.143. The average molecular weight is 170 g/mol. The van der Waals surface area contributed by atoms with Gasteiger partial charge in [0.15, 0.2) is 0 Å². The van der Waals surface area contributed by atoms with E-state index in [0.717, 1.165) is 0 Å². The Morgan fingerprint density at radius 3 is 2.83 bits per heavy atom. The van der Waals surface area contributed by atoms with Gasteiger partial charge in [-0.25, -0.2) is 9.37 Å². The van der Waals surface area contributed by atoms with Crippen LogP contribution in [0.5, 0.6) is 5.88 Å². The fourth-order valence-electron chi connectivity index (χ4n) is 0.667. The second-order valence-electron chi connectivity index (χ2n) is 2.00. The summed E-state index contributed by atoms with van der Waals surface area (Å²) in [6.45, 7) is -0.942. The molecule has 0 aliphatic carbocycles. The van der Waals surface area contributed by atoms with E-state index in [1.807, 2.05) is 0 Å². The van der Waals surface area contributed by atoms with Gasteiger partial charge in [-0.15, -0.1) is 0 Å². The van der Waals surface area contributed by atoms with E-state index < -0.39 is 12.8 Å². The van der Waals surface area contributed by atoms with E-state index in [1.54, 1.807) is 0 Å². The van der Waals surface area contributed by atoms with Crippen molar-refractivity contribution in [3.05, 3.63) is 23.9 Å². The Bertz CT molecular complexity index is 273. The molecule has 4 nitrogen and oxygen atoms in total. The number of halogens is 1. The van der Waals surface area contributed by atoms with Crippen LogP contribution in [0.2, 0.25) is 0 Å². The number of carbonyl (C=O) groups excluding carboxylic acids is 1. The first kappa shape index (κ1) is 8.45. The molecule has 0 bridgehead atoms. The predicted molar refractivity (Wildman–Crippen MR) is 39.4 cm³/mol. The van der Waals surface area contributed by atoms with Crippen molar-refractivity contribution in [3.8, 4) is 5.88 Å². The molecule has 0 aliphatic heterocycles. The van der Waals surface area contributed by atoms with Crippen molar-refractivity contribution in [2.24, 2.45) is 5.73 Å². The summed E-state index contributed by atoms with van der Waals surface area (Å²) < 4.78 is 16.0. The van der Waals surface area contributed by atoms with Gasteiger partial charge in [-0.3, -0.25) is 4.79 Å². The molecule has 0 aliphatic rings. The van der Waals surface area contributed by atoms with Crippen LogP contribution in [0.15, 0.2) is 18.3 Å². The van der Waals surface area contributed by atoms with Crippen LogP contribution in [0.4, 0.5) is 4.39 Å². The van der Waals surface area contributed by atoms with Crippen LogP contribution in [0.3, 0.4) is 0 Å². The highest BCUT2D eigenvalue weighted by atomic mass is 19.1. The van der Waals surface area contributed by atoms with Crippen LogP contribution < -0.4 is 10.5 Å². The molecule has 64 valence electrons. The maximum Gasteiger partial charge on any atom is 0.250 e. The van der Waals surface area contributed by atoms with E-state index in [4.69, 9.17) is 5.73 Å². The first-order valence-electron chi connectivity index (χ1n) is 3.18. The summed E-state index contributed by atoms with van der Waals surface area (Å²) in [6, 6.07) is 2.79.